The minimum absolute atomic E-state index is 0.0820. The Morgan fingerprint density at radius 2 is 2.11 bits per heavy atom. The molecular formula is C13H19ClFN3. The van der Waals surface area contributed by atoms with E-state index in [9.17, 15) is 4.39 Å². The SMILES string of the molecule is CCCC1CCC(Nc2nc(Cl)ncc2F)CC1. The van der Waals surface area contributed by atoms with E-state index in [1.54, 1.807) is 0 Å². The Labute approximate surface area is 112 Å². The van der Waals surface area contributed by atoms with E-state index < -0.39 is 5.82 Å². The first-order valence-electron chi connectivity index (χ1n) is 6.63. The van der Waals surface area contributed by atoms with E-state index in [4.69, 9.17) is 11.6 Å². The predicted molar refractivity (Wildman–Crippen MR) is 71.3 cm³/mol. The number of rotatable bonds is 4. The molecule has 0 atom stereocenters. The van der Waals surface area contributed by atoms with Crippen molar-refractivity contribution >= 4 is 17.4 Å². The van der Waals surface area contributed by atoms with E-state index >= 15 is 0 Å². The zero-order valence-corrected chi connectivity index (χ0v) is 11.4. The zero-order valence-electron chi connectivity index (χ0n) is 10.6. The fourth-order valence-electron chi connectivity index (χ4n) is 2.64. The van der Waals surface area contributed by atoms with E-state index in [1.807, 2.05) is 0 Å². The number of anilines is 1. The lowest BCUT2D eigenvalue weighted by Gasteiger charge is -2.29. The van der Waals surface area contributed by atoms with Crippen LogP contribution in [0.5, 0.6) is 0 Å². The molecule has 1 heterocycles. The second kappa shape index (κ2) is 6.32. The van der Waals surface area contributed by atoms with Crippen molar-refractivity contribution < 1.29 is 4.39 Å². The third-order valence-corrected chi connectivity index (χ3v) is 3.78. The number of nitrogens with zero attached hydrogens (tertiary/aromatic N) is 2. The number of nitrogens with one attached hydrogen (secondary N) is 1. The topological polar surface area (TPSA) is 37.8 Å². The molecule has 0 saturated heterocycles. The van der Waals surface area contributed by atoms with Crippen LogP contribution in [0.25, 0.3) is 0 Å². The second-order valence-corrected chi connectivity index (χ2v) is 5.32. The first-order chi connectivity index (χ1) is 8.69. The van der Waals surface area contributed by atoms with Crippen molar-refractivity contribution in [1.29, 1.82) is 0 Å². The molecule has 0 radical (unpaired) electrons. The van der Waals surface area contributed by atoms with Gasteiger partial charge in [0.05, 0.1) is 6.20 Å². The molecule has 0 spiro atoms. The molecular weight excluding hydrogens is 253 g/mol. The Bertz CT molecular complexity index is 392. The summed E-state index contributed by atoms with van der Waals surface area (Å²) in [7, 11) is 0. The van der Waals surface area contributed by atoms with Crippen molar-refractivity contribution in [2.45, 2.75) is 51.5 Å². The fraction of sp³-hybridized carbons (Fsp3) is 0.692. The van der Waals surface area contributed by atoms with Crippen LogP contribution in [-0.2, 0) is 0 Å². The summed E-state index contributed by atoms with van der Waals surface area (Å²) < 4.78 is 13.5. The summed E-state index contributed by atoms with van der Waals surface area (Å²) >= 11 is 5.67. The van der Waals surface area contributed by atoms with Crippen LogP contribution in [0.15, 0.2) is 6.20 Å². The lowest BCUT2D eigenvalue weighted by molar-refractivity contribution is 0.318. The maximum absolute atomic E-state index is 13.5. The van der Waals surface area contributed by atoms with Crippen molar-refractivity contribution in [2.24, 2.45) is 5.92 Å². The minimum atomic E-state index is -0.435. The van der Waals surface area contributed by atoms with Crippen LogP contribution in [0.4, 0.5) is 10.2 Å². The summed E-state index contributed by atoms with van der Waals surface area (Å²) in [5, 5.41) is 3.22. The van der Waals surface area contributed by atoms with Crippen LogP contribution in [0, 0.1) is 11.7 Å². The zero-order chi connectivity index (χ0) is 13.0. The first-order valence-corrected chi connectivity index (χ1v) is 7.01. The summed E-state index contributed by atoms with van der Waals surface area (Å²) in [6.45, 7) is 2.22. The summed E-state index contributed by atoms with van der Waals surface area (Å²) in [6, 6.07) is 0.304. The molecule has 0 aromatic carbocycles. The maximum atomic E-state index is 13.5. The van der Waals surface area contributed by atoms with Gasteiger partial charge in [-0.05, 0) is 43.2 Å². The monoisotopic (exact) mass is 271 g/mol. The summed E-state index contributed by atoms with van der Waals surface area (Å²) in [5.41, 5.74) is 0. The highest BCUT2D eigenvalue weighted by molar-refractivity contribution is 6.28. The van der Waals surface area contributed by atoms with Gasteiger partial charge >= 0.3 is 0 Å². The average Bonchev–Trinajstić information content (AvgIpc) is 2.37. The third-order valence-electron chi connectivity index (χ3n) is 3.60. The average molecular weight is 272 g/mol. The van der Waals surface area contributed by atoms with Gasteiger partial charge < -0.3 is 5.32 Å². The van der Waals surface area contributed by atoms with Crippen molar-refractivity contribution in [3.63, 3.8) is 0 Å². The van der Waals surface area contributed by atoms with Gasteiger partial charge in [0.25, 0.3) is 0 Å². The van der Waals surface area contributed by atoms with Crippen LogP contribution in [0.2, 0.25) is 5.28 Å². The molecule has 0 amide bonds. The van der Waals surface area contributed by atoms with Gasteiger partial charge in [0.15, 0.2) is 11.6 Å². The molecule has 2 rings (SSSR count). The van der Waals surface area contributed by atoms with Crippen LogP contribution in [-0.4, -0.2) is 16.0 Å². The Morgan fingerprint density at radius 3 is 2.78 bits per heavy atom. The molecule has 1 aliphatic carbocycles. The van der Waals surface area contributed by atoms with Gasteiger partial charge in [-0.25, -0.2) is 9.37 Å². The smallest absolute Gasteiger partial charge is 0.224 e. The summed E-state index contributed by atoms with van der Waals surface area (Å²) in [4.78, 5) is 7.50. The van der Waals surface area contributed by atoms with Gasteiger partial charge in [0.2, 0.25) is 5.28 Å². The van der Waals surface area contributed by atoms with E-state index in [2.05, 4.69) is 22.2 Å². The van der Waals surface area contributed by atoms with Gasteiger partial charge in [-0.2, -0.15) is 4.98 Å². The standard InChI is InChI=1S/C13H19ClFN3/c1-2-3-9-4-6-10(7-5-9)17-12-11(15)8-16-13(14)18-12/h8-10H,2-7H2,1H3,(H,16,17,18). The van der Waals surface area contributed by atoms with E-state index in [0.717, 1.165) is 25.0 Å². The molecule has 3 nitrogen and oxygen atoms in total. The molecule has 0 bridgehead atoms. The maximum Gasteiger partial charge on any atom is 0.224 e. The highest BCUT2D eigenvalue weighted by Crippen LogP contribution is 2.29. The molecule has 0 unspecified atom stereocenters. The number of aromatic nitrogens is 2. The van der Waals surface area contributed by atoms with Crippen LogP contribution in [0.3, 0.4) is 0 Å². The molecule has 1 aliphatic rings. The van der Waals surface area contributed by atoms with Gasteiger partial charge in [-0.3, -0.25) is 0 Å². The fourth-order valence-corrected chi connectivity index (χ4v) is 2.78. The molecule has 1 saturated carbocycles. The molecule has 100 valence electrons. The van der Waals surface area contributed by atoms with Crippen molar-refractivity contribution in [1.82, 2.24) is 9.97 Å². The van der Waals surface area contributed by atoms with Crippen molar-refractivity contribution in [3.8, 4) is 0 Å². The predicted octanol–water partition coefficient (Wildman–Crippen LogP) is 4.04. The van der Waals surface area contributed by atoms with Crippen molar-refractivity contribution in [3.05, 3.63) is 17.3 Å². The highest BCUT2D eigenvalue weighted by atomic mass is 35.5. The normalized spacial score (nSPS) is 23.9. The molecule has 1 aromatic heterocycles. The Kier molecular flexibility index (Phi) is 4.75. The Balaban J connectivity index is 1.89. The van der Waals surface area contributed by atoms with Crippen molar-refractivity contribution in [2.75, 3.05) is 5.32 Å². The molecule has 1 fully saturated rings. The van der Waals surface area contributed by atoms with Gasteiger partial charge in [-0.1, -0.05) is 19.8 Å². The highest BCUT2D eigenvalue weighted by Gasteiger charge is 2.21. The minimum Gasteiger partial charge on any atom is -0.365 e. The first kappa shape index (κ1) is 13.5. The molecule has 5 heteroatoms. The molecule has 1 aromatic rings. The summed E-state index contributed by atoms with van der Waals surface area (Å²) in [6.07, 6.45) is 8.25. The number of hydrogen-bond donors (Lipinski definition) is 1. The Hall–Kier alpha value is -0.900. The molecule has 1 N–H and O–H groups in total. The van der Waals surface area contributed by atoms with Crippen LogP contribution < -0.4 is 5.32 Å². The molecule has 0 aliphatic heterocycles. The van der Waals surface area contributed by atoms with E-state index in [-0.39, 0.29) is 11.1 Å². The van der Waals surface area contributed by atoms with Gasteiger partial charge in [0.1, 0.15) is 0 Å². The van der Waals surface area contributed by atoms with Gasteiger partial charge in [0, 0.05) is 6.04 Å². The third kappa shape index (κ3) is 3.55. The van der Waals surface area contributed by atoms with E-state index in [0.29, 0.717) is 6.04 Å². The lowest BCUT2D eigenvalue weighted by Crippen LogP contribution is -2.27. The largest absolute Gasteiger partial charge is 0.365 e. The second-order valence-electron chi connectivity index (χ2n) is 4.99. The number of halogens is 2. The van der Waals surface area contributed by atoms with Crippen LogP contribution in [0.1, 0.15) is 45.4 Å². The summed E-state index contributed by atoms with van der Waals surface area (Å²) in [5.74, 6) is 0.635. The Morgan fingerprint density at radius 1 is 1.39 bits per heavy atom. The molecule has 18 heavy (non-hydrogen) atoms. The lowest BCUT2D eigenvalue weighted by atomic mass is 9.83. The van der Waals surface area contributed by atoms with E-state index in [1.165, 1.54) is 25.7 Å². The van der Waals surface area contributed by atoms with Gasteiger partial charge in [-0.15, -0.1) is 0 Å². The van der Waals surface area contributed by atoms with Crippen LogP contribution >= 0.6 is 11.6 Å². The quantitative estimate of drug-likeness (QED) is 0.840. The number of hydrogen-bond acceptors (Lipinski definition) is 3.